The number of likely N-dealkylation sites (N-methyl/N-ethyl adjacent to an activating group) is 1. The number of amides is 1. The molecule has 5 heteroatoms. The fourth-order valence-electron chi connectivity index (χ4n) is 2.38. The van der Waals surface area contributed by atoms with E-state index in [4.69, 9.17) is 11.6 Å². The number of likely N-dealkylation sites (tertiary alicyclic amines) is 1. The Balaban J connectivity index is 0.00000180. The summed E-state index contributed by atoms with van der Waals surface area (Å²) in [6, 6.07) is 6.01. The van der Waals surface area contributed by atoms with Gasteiger partial charge in [-0.15, -0.1) is 12.4 Å². The van der Waals surface area contributed by atoms with Gasteiger partial charge < -0.3 is 10.2 Å². The van der Waals surface area contributed by atoms with Crippen molar-refractivity contribution in [2.75, 3.05) is 20.1 Å². The highest BCUT2D eigenvalue weighted by Crippen LogP contribution is 2.23. The van der Waals surface area contributed by atoms with Crippen LogP contribution in [0.2, 0.25) is 5.02 Å². The Bertz CT molecular complexity index is 451. The Morgan fingerprint density at radius 2 is 2.21 bits per heavy atom. The predicted octanol–water partition coefficient (Wildman–Crippen LogP) is 2.89. The molecule has 1 heterocycles. The maximum atomic E-state index is 12.4. The summed E-state index contributed by atoms with van der Waals surface area (Å²) in [6.07, 6.45) is 2.17. The minimum Gasteiger partial charge on any atom is -0.337 e. The third kappa shape index (κ3) is 3.62. The molecule has 0 aromatic heterocycles. The zero-order valence-corrected chi connectivity index (χ0v) is 12.9. The lowest BCUT2D eigenvalue weighted by Crippen LogP contribution is -2.47. The number of carbonyl (C=O) groups is 1. The predicted molar refractivity (Wildman–Crippen MR) is 81.4 cm³/mol. The van der Waals surface area contributed by atoms with Gasteiger partial charge in [0.05, 0.1) is 10.6 Å². The lowest BCUT2D eigenvalue weighted by Gasteiger charge is -2.32. The number of hydrogen-bond donors (Lipinski definition) is 1. The Morgan fingerprint density at radius 1 is 1.47 bits per heavy atom. The topological polar surface area (TPSA) is 32.3 Å². The van der Waals surface area contributed by atoms with E-state index in [2.05, 4.69) is 5.32 Å². The normalized spacial score (nSPS) is 18.9. The molecule has 1 atom stereocenters. The van der Waals surface area contributed by atoms with E-state index in [1.165, 1.54) is 0 Å². The highest BCUT2D eigenvalue weighted by Gasteiger charge is 2.24. The number of hydrogen-bond acceptors (Lipinski definition) is 2. The molecular weight excluding hydrogens is 283 g/mol. The number of carbonyl (C=O) groups excluding carboxylic acids is 1. The van der Waals surface area contributed by atoms with Gasteiger partial charge in [-0.1, -0.05) is 23.7 Å². The molecule has 1 aromatic carbocycles. The van der Waals surface area contributed by atoms with Crippen molar-refractivity contribution in [1.82, 2.24) is 10.2 Å². The van der Waals surface area contributed by atoms with E-state index in [0.29, 0.717) is 16.6 Å². The smallest absolute Gasteiger partial charge is 0.255 e. The standard InChI is InChI=1S/C14H19ClN2O.ClH/c1-10-5-3-7-12(13(10)15)14(18)17-8-4-6-11(9-17)16-2;/h3,5,7,11,16H,4,6,8-9H2,1-2H3;1H. The van der Waals surface area contributed by atoms with E-state index in [9.17, 15) is 4.79 Å². The fraction of sp³-hybridized carbons (Fsp3) is 0.500. The summed E-state index contributed by atoms with van der Waals surface area (Å²) in [4.78, 5) is 14.3. The van der Waals surface area contributed by atoms with Gasteiger partial charge in [-0.25, -0.2) is 0 Å². The quantitative estimate of drug-likeness (QED) is 0.911. The summed E-state index contributed by atoms with van der Waals surface area (Å²) in [5, 5.41) is 3.82. The Kier molecular flexibility index (Phi) is 6.11. The molecular formula is C14H20Cl2N2O. The van der Waals surface area contributed by atoms with E-state index in [1.54, 1.807) is 6.07 Å². The first-order valence-electron chi connectivity index (χ1n) is 6.35. The highest BCUT2D eigenvalue weighted by molar-refractivity contribution is 6.34. The number of benzene rings is 1. The van der Waals surface area contributed by atoms with E-state index < -0.39 is 0 Å². The second-order valence-electron chi connectivity index (χ2n) is 4.82. The van der Waals surface area contributed by atoms with Gasteiger partial charge in [-0.3, -0.25) is 4.79 Å². The van der Waals surface area contributed by atoms with Crippen LogP contribution in [0.15, 0.2) is 18.2 Å². The summed E-state index contributed by atoms with van der Waals surface area (Å²) >= 11 is 6.21. The van der Waals surface area contributed by atoms with Gasteiger partial charge in [0.2, 0.25) is 0 Å². The second kappa shape index (κ2) is 7.13. The zero-order chi connectivity index (χ0) is 13.1. The molecule has 1 aliphatic rings. The van der Waals surface area contributed by atoms with Crippen LogP contribution in [0.4, 0.5) is 0 Å². The fourth-order valence-corrected chi connectivity index (χ4v) is 2.59. The molecule has 0 spiro atoms. The molecule has 1 saturated heterocycles. The summed E-state index contributed by atoms with van der Waals surface area (Å²) in [7, 11) is 1.94. The average Bonchev–Trinajstić information content (AvgIpc) is 2.41. The average molecular weight is 303 g/mol. The minimum absolute atomic E-state index is 0. The molecule has 2 rings (SSSR count). The van der Waals surface area contributed by atoms with Crippen LogP contribution in [-0.2, 0) is 0 Å². The highest BCUT2D eigenvalue weighted by atomic mass is 35.5. The van der Waals surface area contributed by atoms with Crippen molar-refractivity contribution in [3.63, 3.8) is 0 Å². The molecule has 3 nitrogen and oxygen atoms in total. The van der Waals surface area contributed by atoms with Crippen molar-refractivity contribution in [2.45, 2.75) is 25.8 Å². The van der Waals surface area contributed by atoms with Crippen molar-refractivity contribution in [1.29, 1.82) is 0 Å². The maximum absolute atomic E-state index is 12.4. The number of piperidine rings is 1. The van der Waals surface area contributed by atoms with Gasteiger partial charge in [-0.05, 0) is 38.4 Å². The van der Waals surface area contributed by atoms with Crippen LogP contribution >= 0.6 is 24.0 Å². The Labute approximate surface area is 125 Å². The maximum Gasteiger partial charge on any atom is 0.255 e. The summed E-state index contributed by atoms with van der Waals surface area (Å²) in [6.45, 7) is 3.51. The molecule has 1 unspecified atom stereocenters. The molecule has 0 saturated carbocycles. The van der Waals surface area contributed by atoms with E-state index in [1.807, 2.05) is 31.0 Å². The largest absolute Gasteiger partial charge is 0.337 e. The molecule has 19 heavy (non-hydrogen) atoms. The number of aryl methyl sites for hydroxylation is 1. The second-order valence-corrected chi connectivity index (χ2v) is 5.19. The van der Waals surface area contributed by atoms with Gasteiger partial charge in [0.25, 0.3) is 5.91 Å². The van der Waals surface area contributed by atoms with E-state index in [-0.39, 0.29) is 18.3 Å². The van der Waals surface area contributed by atoms with E-state index >= 15 is 0 Å². The monoisotopic (exact) mass is 302 g/mol. The van der Waals surface area contributed by atoms with Gasteiger partial charge in [0, 0.05) is 19.1 Å². The molecule has 1 fully saturated rings. The van der Waals surface area contributed by atoms with Crippen LogP contribution in [0.5, 0.6) is 0 Å². The summed E-state index contributed by atoms with van der Waals surface area (Å²) in [5.74, 6) is 0.0450. The molecule has 1 N–H and O–H groups in total. The lowest BCUT2D eigenvalue weighted by molar-refractivity contribution is 0.0698. The molecule has 1 amide bonds. The van der Waals surface area contributed by atoms with Crippen molar-refractivity contribution in [3.05, 3.63) is 34.3 Å². The van der Waals surface area contributed by atoms with E-state index in [0.717, 1.165) is 31.5 Å². The van der Waals surface area contributed by atoms with Crippen LogP contribution in [0.25, 0.3) is 0 Å². The number of halogens is 2. The van der Waals surface area contributed by atoms with Crippen LogP contribution < -0.4 is 5.32 Å². The van der Waals surface area contributed by atoms with Crippen LogP contribution in [-0.4, -0.2) is 37.0 Å². The lowest BCUT2D eigenvalue weighted by atomic mass is 10.0. The van der Waals surface area contributed by atoms with Gasteiger partial charge in [-0.2, -0.15) is 0 Å². The summed E-state index contributed by atoms with van der Waals surface area (Å²) in [5.41, 5.74) is 1.57. The third-order valence-electron chi connectivity index (χ3n) is 3.54. The minimum atomic E-state index is 0. The third-order valence-corrected chi connectivity index (χ3v) is 4.04. The SMILES string of the molecule is CNC1CCCN(C(=O)c2cccc(C)c2Cl)C1.Cl. The van der Waals surface area contributed by atoms with Crippen LogP contribution in [0.3, 0.4) is 0 Å². The van der Waals surface area contributed by atoms with Crippen molar-refractivity contribution < 1.29 is 4.79 Å². The van der Waals surface area contributed by atoms with Gasteiger partial charge in [0.15, 0.2) is 0 Å². The first-order valence-corrected chi connectivity index (χ1v) is 6.73. The first-order chi connectivity index (χ1) is 8.63. The molecule has 1 aromatic rings. The van der Waals surface area contributed by atoms with Crippen LogP contribution in [0, 0.1) is 6.92 Å². The van der Waals surface area contributed by atoms with Crippen molar-refractivity contribution in [2.24, 2.45) is 0 Å². The number of nitrogens with zero attached hydrogens (tertiary/aromatic N) is 1. The van der Waals surface area contributed by atoms with Gasteiger partial charge in [0.1, 0.15) is 0 Å². The zero-order valence-electron chi connectivity index (χ0n) is 11.3. The molecule has 0 aliphatic carbocycles. The molecule has 1 aliphatic heterocycles. The van der Waals surface area contributed by atoms with Crippen LogP contribution in [0.1, 0.15) is 28.8 Å². The molecule has 0 radical (unpaired) electrons. The first kappa shape index (κ1) is 16.3. The van der Waals surface area contributed by atoms with Crippen molar-refractivity contribution in [3.8, 4) is 0 Å². The Hall–Kier alpha value is -0.770. The molecule has 0 bridgehead atoms. The molecule has 106 valence electrons. The van der Waals surface area contributed by atoms with Crippen molar-refractivity contribution >= 4 is 29.9 Å². The summed E-state index contributed by atoms with van der Waals surface area (Å²) < 4.78 is 0. The van der Waals surface area contributed by atoms with Gasteiger partial charge >= 0.3 is 0 Å². The number of rotatable bonds is 2. The number of nitrogens with one attached hydrogen (secondary N) is 1. The Morgan fingerprint density at radius 3 is 2.89 bits per heavy atom.